The Kier molecular flexibility index (Phi) is 5.44. The number of hydrogen-bond acceptors (Lipinski definition) is 3. The second kappa shape index (κ2) is 7.09. The van der Waals surface area contributed by atoms with Crippen LogP contribution in [-0.4, -0.2) is 26.9 Å². The van der Waals surface area contributed by atoms with Crippen LogP contribution in [0.5, 0.6) is 5.75 Å². The van der Waals surface area contributed by atoms with Gasteiger partial charge in [-0.15, -0.1) is 0 Å². The third-order valence-corrected chi connectivity index (χ3v) is 4.30. The van der Waals surface area contributed by atoms with Crippen LogP contribution in [-0.2, 0) is 4.74 Å². The molecule has 0 amide bonds. The van der Waals surface area contributed by atoms with E-state index in [-0.39, 0.29) is 0 Å². The summed E-state index contributed by atoms with van der Waals surface area (Å²) in [7, 11) is 1.77. The van der Waals surface area contributed by atoms with E-state index < -0.39 is 0 Å². The van der Waals surface area contributed by atoms with E-state index in [4.69, 9.17) is 9.47 Å². The molecule has 1 heterocycles. The van der Waals surface area contributed by atoms with Gasteiger partial charge in [-0.1, -0.05) is 19.1 Å². The fourth-order valence-corrected chi connectivity index (χ4v) is 2.97. The molecule has 2 unspecified atom stereocenters. The molecule has 0 aromatic heterocycles. The highest BCUT2D eigenvalue weighted by Crippen LogP contribution is 2.37. The second-order valence-corrected chi connectivity index (χ2v) is 5.69. The molecule has 1 N–H and O–H groups in total. The minimum atomic E-state index is 0.326. The zero-order valence-corrected chi connectivity index (χ0v) is 13.2. The van der Waals surface area contributed by atoms with Crippen molar-refractivity contribution in [2.75, 3.05) is 26.9 Å². The van der Waals surface area contributed by atoms with Crippen LogP contribution >= 0.6 is 0 Å². The van der Waals surface area contributed by atoms with Crippen molar-refractivity contribution in [1.29, 1.82) is 0 Å². The standard InChI is InChI=1S/C17H27NO2/c1-5-9-18-16(14-8-10-20-11-14)15-7-6-12(2)13(3)17(15)19-4/h6-7,14,16,18H,5,8-11H2,1-4H3. The first kappa shape index (κ1) is 15.3. The molecule has 1 aliphatic heterocycles. The van der Waals surface area contributed by atoms with Crippen LogP contribution in [0.3, 0.4) is 0 Å². The van der Waals surface area contributed by atoms with Crippen LogP contribution in [0.4, 0.5) is 0 Å². The van der Waals surface area contributed by atoms with Crippen molar-refractivity contribution in [2.24, 2.45) is 5.92 Å². The van der Waals surface area contributed by atoms with Gasteiger partial charge in [-0.2, -0.15) is 0 Å². The fraction of sp³-hybridized carbons (Fsp3) is 0.647. The first-order valence-electron chi connectivity index (χ1n) is 7.64. The molecule has 0 spiro atoms. The zero-order chi connectivity index (χ0) is 14.5. The van der Waals surface area contributed by atoms with Gasteiger partial charge in [0, 0.05) is 24.1 Å². The number of rotatable bonds is 6. The molecule has 3 heteroatoms. The molecule has 3 nitrogen and oxygen atoms in total. The molecule has 0 saturated carbocycles. The fourth-order valence-electron chi connectivity index (χ4n) is 2.97. The van der Waals surface area contributed by atoms with Crippen molar-refractivity contribution in [3.05, 3.63) is 28.8 Å². The summed E-state index contributed by atoms with van der Waals surface area (Å²) in [5, 5.41) is 3.69. The van der Waals surface area contributed by atoms with Gasteiger partial charge in [-0.3, -0.25) is 0 Å². The lowest BCUT2D eigenvalue weighted by Gasteiger charge is -2.27. The van der Waals surface area contributed by atoms with E-state index in [1.807, 2.05) is 0 Å². The average Bonchev–Trinajstić information content (AvgIpc) is 2.97. The van der Waals surface area contributed by atoms with Crippen LogP contribution in [0.2, 0.25) is 0 Å². The van der Waals surface area contributed by atoms with Crippen LogP contribution in [0.1, 0.15) is 42.5 Å². The molecule has 0 aliphatic carbocycles. The molecule has 0 bridgehead atoms. The summed E-state index contributed by atoms with van der Waals surface area (Å²) in [6.07, 6.45) is 2.26. The van der Waals surface area contributed by atoms with Gasteiger partial charge in [0.2, 0.25) is 0 Å². The number of aryl methyl sites for hydroxylation is 1. The van der Waals surface area contributed by atoms with E-state index in [1.54, 1.807) is 7.11 Å². The number of hydrogen-bond donors (Lipinski definition) is 1. The summed E-state index contributed by atoms with van der Waals surface area (Å²) in [6.45, 7) is 9.22. The average molecular weight is 277 g/mol. The van der Waals surface area contributed by atoms with Gasteiger partial charge < -0.3 is 14.8 Å². The highest BCUT2D eigenvalue weighted by atomic mass is 16.5. The largest absolute Gasteiger partial charge is 0.496 e. The molecule has 1 aliphatic rings. The molecule has 1 aromatic rings. The molecule has 1 saturated heterocycles. The molecule has 1 aromatic carbocycles. The maximum atomic E-state index is 5.70. The predicted molar refractivity (Wildman–Crippen MR) is 82.4 cm³/mol. The van der Waals surface area contributed by atoms with Crippen molar-refractivity contribution in [2.45, 2.75) is 39.7 Å². The topological polar surface area (TPSA) is 30.5 Å². The lowest BCUT2D eigenvalue weighted by atomic mass is 9.89. The molecule has 2 rings (SSSR count). The van der Waals surface area contributed by atoms with Crippen LogP contribution in [0.25, 0.3) is 0 Å². The zero-order valence-electron chi connectivity index (χ0n) is 13.2. The van der Waals surface area contributed by atoms with Crippen LogP contribution in [0, 0.1) is 19.8 Å². The normalized spacial score (nSPS) is 20.1. The Morgan fingerprint density at radius 1 is 1.40 bits per heavy atom. The van der Waals surface area contributed by atoms with E-state index >= 15 is 0 Å². The minimum absolute atomic E-state index is 0.326. The Hall–Kier alpha value is -1.06. The van der Waals surface area contributed by atoms with Gasteiger partial charge in [-0.25, -0.2) is 0 Å². The number of methoxy groups -OCH3 is 1. The van der Waals surface area contributed by atoms with Crippen molar-refractivity contribution in [1.82, 2.24) is 5.32 Å². The second-order valence-electron chi connectivity index (χ2n) is 5.69. The highest BCUT2D eigenvalue weighted by molar-refractivity contribution is 5.47. The lowest BCUT2D eigenvalue weighted by Crippen LogP contribution is -2.30. The summed E-state index contributed by atoms with van der Waals surface area (Å²) < 4.78 is 11.3. The van der Waals surface area contributed by atoms with Gasteiger partial charge in [0.1, 0.15) is 5.75 Å². The number of benzene rings is 1. The summed E-state index contributed by atoms with van der Waals surface area (Å²) in [6, 6.07) is 4.74. The monoisotopic (exact) mass is 277 g/mol. The Balaban J connectivity index is 2.34. The van der Waals surface area contributed by atoms with Gasteiger partial charge in [-0.05, 0) is 44.4 Å². The van der Waals surface area contributed by atoms with E-state index in [9.17, 15) is 0 Å². The Morgan fingerprint density at radius 2 is 2.20 bits per heavy atom. The summed E-state index contributed by atoms with van der Waals surface area (Å²) >= 11 is 0. The smallest absolute Gasteiger partial charge is 0.126 e. The number of nitrogens with one attached hydrogen (secondary N) is 1. The SMILES string of the molecule is CCCNC(c1ccc(C)c(C)c1OC)C1CCOC1. The Morgan fingerprint density at radius 3 is 2.80 bits per heavy atom. The highest BCUT2D eigenvalue weighted by Gasteiger charge is 2.29. The summed E-state index contributed by atoms with van der Waals surface area (Å²) in [4.78, 5) is 0. The third kappa shape index (κ3) is 3.15. The van der Waals surface area contributed by atoms with Gasteiger partial charge in [0.05, 0.1) is 13.7 Å². The van der Waals surface area contributed by atoms with E-state index in [0.717, 1.165) is 38.3 Å². The lowest BCUT2D eigenvalue weighted by molar-refractivity contribution is 0.176. The van der Waals surface area contributed by atoms with Crippen molar-refractivity contribution in [3.8, 4) is 5.75 Å². The maximum absolute atomic E-state index is 5.70. The van der Waals surface area contributed by atoms with Crippen molar-refractivity contribution < 1.29 is 9.47 Å². The molecule has 0 radical (unpaired) electrons. The Labute approximate surface area is 122 Å². The maximum Gasteiger partial charge on any atom is 0.126 e. The van der Waals surface area contributed by atoms with Crippen molar-refractivity contribution in [3.63, 3.8) is 0 Å². The van der Waals surface area contributed by atoms with Crippen molar-refractivity contribution >= 4 is 0 Å². The quantitative estimate of drug-likeness (QED) is 0.864. The minimum Gasteiger partial charge on any atom is -0.496 e. The summed E-state index contributed by atoms with van der Waals surface area (Å²) in [5.74, 6) is 1.57. The van der Waals surface area contributed by atoms with E-state index in [2.05, 4.69) is 38.2 Å². The third-order valence-electron chi connectivity index (χ3n) is 4.30. The van der Waals surface area contributed by atoms with Gasteiger partial charge >= 0.3 is 0 Å². The molecule has 112 valence electrons. The molecule has 1 fully saturated rings. The number of ether oxygens (including phenoxy) is 2. The first-order chi connectivity index (χ1) is 9.69. The van der Waals surface area contributed by atoms with Gasteiger partial charge in [0.15, 0.2) is 0 Å². The first-order valence-corrected chi connectivity index (χ1v) is 7.64. The molecular formula is C17H27NO2. The molecular weight excluding hydrogens is 250 g/mol. The Bertz CT molecular complexity index is 439. The summed E-state index contributed by atoms with van der Waals surface area (Å²) in [5.41, 5.74) is 3.80. The van der Waals surface area contributed by atoms with Crippen LogP contribution in [0.15, 0.2) is 12.1 Å². The van der Waals surface area contributed by atoms with Crippen LogP contribution < -0.4 is 10.1 Å². The van der Waals surface area contributed by atoms with E-state index in [1.165, 1.54) is 16.7 Å². The predicted octanol–water partition coefficient (Wildman–Crippen LogP) is 3.39. The van der Waals surface area contributed by atoms with E-state index in [0.29, 0.717) is 12.0 Å². The molecule has 2 atom stereocenters. The van der Waals surface area contributed by atoms with Gasteiger partial charge in [0.25, 0.3) is 0 Å². The molecule has 20 heavy (non-hydrogen) atoms.